The van der Waals surface area contributed by atoms with Gasteiger partial charge < -0.3 is 5.32 Å². The standard InChI is InChI=1S/C37H56N4O2/c1-26(22-30-12-11-13-30)28(3)35(43)33(27(2)23-34(42)40-32-24-38-29(4)39-25-32)16-17-36(5)18-20-37(21-19-36,41(6)7)31-14-9-8-10-15-31/h8-10,14-15,24-28,30,33H,11-13,16-23H2,1-7H3,(H,40,42)/t26?,27?,28?,33?,36-,37-. The fraction of sp³-hybridized carbons (Fsp3) is 0.676. The highest BCUT2D eigenvalue weighted by molar-refractivity contribution is 5.91. The SMILES string of the molecule is Cc1ncc(NC(=O)CC(C)C(CC[C@]2(C)CC[C@@](c3ccccc3)(N(C)C)CC2)C(=O)C(C)C(C)CC2CCC2)cn1. The Kier molecular flexibility index (Phi) is 11.2. The third-order valence-electron chi connectivity index (χ3n) is 11.4. The molecule has 1 aromatic heterocycles. The van der Waals surface area contributed by atoms with Gasteiger partial charge in [0.2, 0.25) is 5.91 Å². The highest BCUT2D eigenvalue weighted by atomic mass is 16.1. The molecule has 1 amide bonds. The maximum atomic E-state index is 14.2. The average Bonchev–Trinajstić information content (AvgIpc) is 2.96. The molecule has 2 aromatic rings. The maximum absolute atomic E-state index is 14.2. The van der Waals surface area contributed by atoms with Crippen LogP contribution < -0.4 is 5.32 Å². The molecule has 1 aromatic carbocycles. The number of nitrogens with zero attached hydrogens (tertiary/aromatic N) is 3. The summed E-state index contributed by atoms with van der Waals surface area (Å²) in [6, 6.07) is 11.0. The lowest BCUT2D eigenvalue weighted by atomic mass is 9.63. The first-order valence-electron chi connectivity index (χ1n) is 16.8. The van der Waals surface area contributed by atoms with Gasteiger partial charge in [0.1, 0.15) is 11.6 Å². The first-order valence-corrected chi connectivity index (χ1v) is 16.8. The number of Topliss-reactive ketones (excluding diaryl/α,β-unsaturated/α-hetero) is 1. The van der Waals surface area contributed by atoms with Crippen LogP contribution in [0, 0.1) is 41.9 Å². The molecule has 43 heavy (non-hydrogen) atoms. The Morgan fingerprint density at radius 2 is 1.60 bits per heavy atom. The number of nitrogens with one attached hydrogen (secondary N) is 1. The predicted octanol–water partition coefficient (Wildman–Crippen LogP) is 8.22. The summed E-state index contributed by atoms with van der Waals surface area (Å²) in [4.78, 5) is 38.1. The van der Waals surface area contributed by atoms with E-state index in [9.17, 15) is 9.59 Å². The van der Waals surface area contributed by atoms with Crippen LogP contribution >= 0.6 is 0 Å². The van der Waals surface area contributed by atoms with Crippen molar-refractivity contribution < 1.29 is 9.59 Å². The highest BCUT2D eigenvalue weighted by Gasteiger charge is 2.43. The van der Waals surface area contributed by atoms with Gasteiger partial charge in [-0.2, -0.15) is 0 Å². The molecule has 4 unspecified atom stereocenters. The van der Waals surface area contributed by atoms with Crippen LogP contribution in [0.5, 0.6) is 0 Å². The number of rotatable bonds is 14. The number of carbonyl (C=O) groups is 2. The normalized spacial score (nSPS) is 25.4. The Morgan fingerprint density at radius 1 is 0.977 bits per heavy atom. The molecular weight excluding hydrogens is 532 g/mol. The van der Waals surface area contributed by atoms with Gasteiger partial charge in [-0.25, -0.2) is 9.97 Å². The molecule has 0 spiro atoms. The van der Waals surface area contributed by atoms with E-state index < -0.39 is 0 Å². The van der Waals surface area contributed by atoms with E-state index in [-0.39, 0.29) is 34.6 Å². The van der Waals surface area contributed by atoms with Crippen molar-refractivity contribution in [3.63, 3.8) is 0 Å². The van der Waals surface area contributed by atoms with Crippen molar-refractivity contribution in [1.29, 1.82) is 0 Å². The number of anilines is 1. The van der Waals surface area contributed by atoms with E-state index in [2.05, 4.69) is 92.3 Å². The molecule has 1 heterocycles. The summed E-state index contributed by atoms with van der Waals surface area (Å²) >= 11 is 0. The van der Waals surface area contributed by atoms with Crippen molar-refractivity contribution in [2.45, 2.75) is 111 Å². The van der Waals surface area contributed by atoms with Gasteiger partial charge in [-0.15, -0.1) is 0 Å². The van der Waals surface area contributed by atoms with Crippen LogP contribution in [-0.2, 0) is 15.1 Å². The number of aryl methyl sites for hydroxylation is 1. The molecular formula is C37H56N4O2. The first kappa shape index (κ1) is 33.3. The molecule has 1 N–H and O–H groups in total. The second kappa shape index (κ2) is 14.5. The summed E-state index contributed by atoms with van der Waals surface area (Å²) in [5.41, 5.74) is 2.26. The summed E-state index contributed by atoms with van der Waals surface area (Å²) in [6.45, 7) is 10.8. The van der Waals surface area contributed by atoms with Crippen LogP contribution in [0.2, 0.25) is 0 Å². The van der Waals surface area contributed by atoms with Crippen molar-refractivity contribution in [2.24, 2.45) is 35.0 Å². The van der Waals surface area contributed by atoms with Gasteiger partial charge in [-0.3, -0.25) is 14.5 Å². The Labute approximate surface area is 260 Å². The minimum atomic E-state index is -0.120. The lowest BCUT2D eigenvalue weighted by Gasteiger charge is -2.49. The van der Waals surface area contributed by atoms with Gasteiger partial charge in [-0.1, -0.05) is 77.3 Å². The highest BCUT2D eigenvalue weighted by Crippen LogP contribution is 2.50. The number of amides is 1. The summed E-state index contributed by atoms with van der Waals surface area (Å²) in [5, 5.41) is 2.96. The maximum Gasteiger partial charge on any atom is 0.224 e. The van der Waals surface area contributed by atoms with Gasteiger partial charge in [-0.05, 0) is 94.7 Å². The second-order valence-electron chi connectivity index (χ2n) is 14.7. The smallest absolute Gasteiger partial charge is 0.224 e. The van der Waals surface area contributed by atoms with E-state index >= 15 is 0 Å². The van der Waals surface area contributed by atoms with Crippen LogP contribution in [-0.4, -0.2) is 40.7 Å². The lowest BCUT2D eigenvalue weighted by molar-refractivity contribution is -0.130. The largest absolute Gasteiger partial charge is 0.323 e. The fourth-order valence-corrected chi connectivity index (χ4v) is 7.65. The van der Waals surface area contributed by atoms with Crippen molar-refractivity contribution in [1.82, 2.24) is 14.9 Å². The number of aromatic nitrogens is 2. The van der Waals surface area contributed by atoms with E-state index in [4.69, 9.17) is 0 Å². The van der Waals surface area contributed by atoms with Crippen molar-refractivity contribution >= 4 is 17.4 Å². The zero-order chi connectivity index (χ0) is 31.2. The minimum absolute atomic E-state index is 0.0141. The molecule has 236 valence electrons. The summed E-state index contributed by atoms with van der Waals surface area (Å²) in [5.74, 6) is 1.98. The summed E-state index contributed by atoms with van der Waals surface area (Å²) in [7, 11) is 4.43. The molecule has 2 fully saturated rings. The topological polar surface area (TPSA) is 75.2 Å². The number of hydrogen-bond acceptors (Lipinski definition) is 5. The molecule has 0 aliphatic heterocycles. The zero-order valence-electron chi connectivity index (χ0n) is 27.9. The van der Waals surface area contributed by atoms with E-state index in [0.29, 0.717) is 29.6 Å². The van der Waals surface area contributed by atoms with Gasteiger partial charge in [0.15, 0.2) is 0 Å². The van der Waals surface area contributed by atoms with Crippen LogP contribution in [0.4, 0.5) is 5.69 Å². The monoisotopic (exact) mass is 588 g/mol. The fourth-order valence-electron chi connectivity index (χ4n) is 7.65. The molecule has 4 atom stereocenters. The molecule has 0 saturated heterocycles. The number of carbonyl (C=O) groups excluding carboxylic acids is 2. The summed E-state index contributed by atoms with van der Waals surface area (Å²) < 4.78 is 0. The van der Waals surface area contributed by atoms with Crippen LogP contribution in [0.25, 0.3) is 0 Å². The molecule has 0 radical (unpaired) electrons. The van der Waals surface area contributed by atoms with E-state index in [1.807, 2.05) is 6.92 Å². The lowest BCUT2D eigenvalue weighted by Crippen LogP contribution is -2.46. The van der Waals surface area contributed by atoms with Crippen LogP contribution in [0.1, 0.15) is 110 Å². The number of hydrogen-bond donors (Lipinski definition) is 1. The molecule has 4 rings (SSSR count). The van der Waals surface area contributed by atoms with Gasteiger partial charge in [0.25, 0.3) is 0 Å². The van der Waals surface area contributed by atoms with Gasteiger partial charge >= 0.3 is 0 Å². The molecule has 2 aliphatic rings. The summed E-state index contributed by atoms with van der Waals surface area (Å²) in [6.07, 6.45) is 15.1. The third kappa shape index (κ3) is 8.32. The van der Waals surface area contributed by atoms with E-state index in [1.54, 1.807) is 12.4 Å². The zero-order valence-corrected chi connectivity index (χ0v) is 27.9. The van der Waals surface area contributed by atoms with Crippen molar-refractivity contribution in [3.05, 3.63) is 54.1 Å². The Bertz CT molecular complexity index is 1180. The Morgan fingerprint density at radius 3 is 2.16 bits per heavy atom. The van der Waals surface area contributed by atoms with Crippen LogP contribution in [0.3, 0.4) is 0 Å². The average molecular weight is 589 g/mol. The van der Waals surface area contributed by atoms with Crippen molar-refractivity contribution in [2.75, 3.05) is 19.4 Å². The predicted molar refractivity (Wildman–Crippen MR) is 176 cm³/mol. The van der Waals surface area contributed by atoms with Gasteiger partial charge in [0.05, 0.1) is 18.1 Å². The molecule has 2 saturated carbocycles. The van der Waals surface area contributed by atoms with E-state index in [1.165, 1.54) is 24.8 Å². The molecule has 2 aliphatic carbocycles. The quantitative estimate of drug-likeness (QED) is 0.241. The molecule has 6 nitrogen and oxygen atoms in total. The first-order chi connectivity index (χ1) is 20.4. The number of ketones is 1. The Balaban J connectivity index is 1.44. The minimum Gasteiger partial charge on any atom is -0.323 e. The van der Waals surface area contributed by atoms with E-state index in [0.717, 1.165) is 50.9 Å². The Hall–Kier alpha value is -2.60. The third-order valence-corrected chi connectivity index (χ3v) is 11.4. The van der Waals surface area contributed by atoms with Crippen molar-refractivity contribution in [3.8, 4) is 0 Å². The second-order valence-corrected chi connectivity index (χ2v) is 14.7. The molecule has 6 heteroatoms. The van der Waals surface area contributed by atoms with Gasteiger partial charge in [0, 0.05) is 23.8 Å². The number of benzene rings is 1. The molecule has 0 bridgehead atoms. The van der Waals surface area contributed by atoms with Crippen LogP contribution in [0.15, 0.2) is 42.7 Å².